The molecule has 2 unspecified atom stereocenters. The molecule has 0 aliphatic rings. The largest absolute Gasteiger partial charge is 0.377 e. The van der Waals surface area contributed by atoms with E-state index in [0.717, 1.165) is 13.2 Å². The highest BCUT2D eigenvalue weighted by Gasteiger charge is 2.19. The predicted molar refractivity (Wildman–Crippen MR) is 53.4 cm³/mol. The van der Waals surface area contributed by atoms with Gasteiger partial charge in [0.1, 0.15) is 0 Å². The van der Waals surface area contributed by atoms with Crippen molar-refractivity contribution in [3.63, 3.8) is 0 Å². The monoisotopic (exact) mass is 173 g/mol. The molecule has 0 heterocycles. The molecule has 0 bridgehead atoms. The topological polar surface area (TPSA) is 21.3 Å². The van der Waals surface area contributed by atoms with Crippen LogP contribution in [0.15, 0.2) is 0 Å². The molecule has 2 nitrogen and oxygen atoms in total. The van der Waals surface area contributed by atoms with E-state index in [1.807, 2.05) is 6.92 Å². The quantitative estimate of drug-likeness (QED) is 0.663. The molecule has 0 aromatic carbocycles. The van der Waals surface area contributed by atoms with Crippen LogP contribution in [-0.2, 0) is 4.74 Å². The van der Waals surface area contributed by atoms with E-state index in [1.54, 1.807) is 0 Å². The number of nitrogens with one attached hydrogen (secondary N) is 1. The minimum atomic E-state index is 0.315. The van der Waals surface area contributed by atoms with Gasteiger partial charge in [-0.2, -0.15) is 0 Å². The smallest absolute Gasteiger partial charge is 0.0702 e. The van der Waals surface area contributed by atoms with Crippen molar-refractivity contribution in [2.24, 2.45) is 5.92 Å². The van der Waals surface area contributed by atoms with Gasteiger partial charge in [-0.1, -0.05) is 20.8 Å². The zero-order chi connectivity index (χ0) is 9.56. The van der Waals surface area contributed by atoms with Crippen molar-refractivity contribution in [3.05, 3.63) is 0 Å². The third kappa shape index (κ3) is 4.07. The summed E-state index contributed by atoms with van der Waals surface area (Å²) >= 11 is 0. The molecule has 0 fully saturated rings. The molecule has 0 saturated heterocycles. The molecule has 0 saturated carbocycles. The second-order valence-corrected chi connectivity index (χ2v) is 3.49. The first kappa shape index (κ1) is 11.9. The van der Waals surface area contributed by atoms with Crippen LogP contribution in [0.1, 0.15) is 34.6 Å². The van der Waals surface area contributed by atoms with E-state index in [2.05, 4.69) is 33.0 Å². The molecular weight excluding hydrogens is 150 g/mol. The lowest BCUT2D eigenvalue weighted by Crippen LogP contribution is -2.43. The summed E-state index contributed by atoms with van der Waals surface area (Å²) in [7, 11) is 0. The fourth-order valence-corrected chi connectivity index (χ4v) is 1.55. The van der Waals surface area contributed by atoms with Crippen LogP contribution in [0.2, 0.25) is 0 Å². The molecule has 12 heavy (non-hydrogen) atoms. The van der Waals surface area contributed by atoms with Crippen molar-refractivity contribution in [1.29, 1.82) is 0 Å². The molecule has 0 aliphatic carbocycles. The van der Waals surface area contributed by atoms with Gasteiger partial charge in [0.05, 0.1) is 6.10 Å². The first-order valence-electron chi connectivity index (χ1n) is 4.98. The van der Waals surface area contributed by atoms with Crippen LogP contribution in [-0.4, -0.2) is 25.3 Å². The average Bonchev–Trinajstić information content (AvgIpc) is 1.99. The van der Waals surface area contributed by atoms with Crippen molar-refractivity contribution in [3.8, 4) is 0 Å². The predicted octanol–water partition coefficient (Wildman–Crippen LogP) is 2.05. The lowest BCUT2D eigenvalue weighted by molar-refractivity contribution is 0.0352. The fraction of sp³-hybridized carbons (Fsp3) is 1.00. The first-order chi connectivity index (χ1) is 5.63. The van der Waals surface area contributed by atoms with Gasteiger partial charge >= 0.3 is 0 Å². The highest BCUT2D eigenvalue weighted by Crippen LogP contribution is 2.09. The van der Waals surface area contributed by atoms with Crippen LogP contribution in [0, 0.1) is 5.92 Å². The molecule has 0 rings (SSSR count). The SMILES string of the molecule is CCNC(C(C)C)C(C)OCC. The third-order valence-electron chi connectivity index (χ3n) is 2.09. The summed E-state index contributed by atoms with van der Waals surface area (Å²) in [6.45, 7) is 12.6. The zero-order valence-electron chi connectivity index (χ0n) is 9.05. The van der Waals surface area contributed by atoms with Crippen molar-refractivity contribution >= 4 is 0 Å². The summed E-state index contributed by atoms with van der Waals surface area (Å²) in [5.41, 5.74) is 0. The normalized spacial score (nSPS) is 16.5. The molecule has 74 valence electrons. The van der Waals surface area contributed by atoms with E-state index < -0.39 is 0 Å². The number of likely N-dealkylation sites (N-methyl/N-ethyl adjacent to an activating group) is 1. The maximum absolute atomic E-state index is 5.56. The van der Waals surface area contributed by atoms with Gasteiger partial charge in [0.2, 0.25) is 0 Å². The number of hydrogen-bond acceptors (Lipinski definition) is 2. The third-order valence-corrected chi connectivity index (χ3v) is 2.09. The van der Waals surface area contributed by atoms with Crippen molar-refractivity contribution < 1.29 is 4.74 Å². The molecule has 0 amide bonds. The Labute approximate surface area is 76.7 Å². The lowest BCUT2D eigenvalue weighted by atomic mass is 9.99. The summed E-state index contributed by atoms with van der Waals surface area (Å²) in [5.74, 6) is 0.631. The van der Waals surface area contributed by atoms with E-state index in [-0.39, 0.29) is 0 Å². The zero-order valence-corrected chi connectivity index (χ0v) is 9.05. The minimum Gasteiger partial charge on any atom is -0.377 e. The molecule has 0 aliphatic heterocycles. The highest BCUT2D eigenvalue weighted by molar-refractivity contribution is 4.76. The van der Waals surface area contributed by atoms with Crippen molar-refractivity contribution in [1.82, 2.24) is 5.32 Å². The van der Waals surface area contributed by atoms with E-state index >= 15 is 0 Å². The van der Waals surface area contributed by atoms with E-state index in [0.29, 0.717) is 18.1 Å². The van der Waals surface area contributed by atoms with Gasteiger partial charge in [-0.3, -0.25) is 0 Å². The molecule has 0 spiro atoms. The fourth-order valence-electron chi connectivity index (χ4n) is 1.55. The summed E-state index contributed by atoms with van der Waals surface area (Å²) in [5, 5.41) is 3.44. The second-order valence-electron chi connectivity index (χ2n) is 3.49. The number of hydrogen-bond donors (Lipinski definition) is 1. The Bertz CT molecular complexity index is 104. The van der Waals surface area contributed by atoms with Gasteiger partial charge < -0.3 is 10.1 Å². The first-order valence-corrected chi connectivity index (χ1v) is 4.98. The van der Waals surface area contributed by atoms with Gasteiger partial charge in [0.25, 0.3) is 0 Å². The van der Waals surface area contributed by atoms with Gasteiger partial charge in [0.15, 0.2) is 0 Å². The van der Waals surface area contributed by atoms with Crippen LogP contribution >= 0.6 is 0 Å². The van der Waals surface area contributed by atoms with Crippen molar-refractivity contribution in [2.75, 3.05) is 13.2 Å². The maximum Gasteiger partial charge on any atom is 0.0702 e. The standard InChI is InChI=1S/C10H23NO/c1-6-11-10(8(3)4)9(5)12-7-2/h8-11H,6-7H2,1-5H3. The summed E-state index contributed by atoms with van der Waals surface area (Å²) in [6, 6.07) is 0.481. The van der Waals surface area contributed by atoms with Crippen LogP contribution < -0.4 is 5.32 Å². The van der Waals surface area contributed by atoms with E-state index in [4.69, 9.17) is 4.74 Å². The molecule has 0 radical (unpaired) electrons. The Morgan fingerprint density at radius 3 is 2.08 bits per heavy atom. The highest BCUT2D eigenvalue weighted by atomic mass is 16.5. The Morgan fingerprint density at radius 1 is 1.17 bits per heavy atom. The Kier molecular flexibility index (Phi) is 6.39. The van der Waals surface area contributed by atoms with Crippen LogP contribution in [0.3, 0.4) is 0 Å². The van der Waals surface area contributed by atoms with Gasteiger partial charge in [-0.15, -0.1) is 0 Å². The van der Waals surface area contributed by atoms with Gasteiger partial charge in [0, 0.05) is 12.6 Å². The summed E-state index contributed by atoms with van der Waals surface area (Å²) < 4.78 is 5.56. The Morgan fingerprint density at radius 2 is 1.75 bits per heavy atom. The molecule has 2 heteroatoms. The minimum absolute atomic E-state index is 0.315. The number of ether oxygens (including phenoxy) is 1. The van der Waals surface area contributed by atoms with Crippen molar-refractivity contribution in [2.45, 2.75) is 46.8 Å². The van der Waals surface area contributed by atoms with Gasteiger partial charge in [-0.05, 0) is 26.3 Å². The number of rotatable bonds is 6. The molecular formula is C10H23NO. The van der Waals surface area contributed by atoms with E-state index in [1.165, 1.54) is 0 Å². The molecule has 0 aromatic rings. The van der Waals surface area contributed by atoms with Crippen LogP contribution in [0.4, 0.5) is 0 Å². The van der Waals surface area contributed by atoms with Crippen LogP contribution in [0.25, 0.3) is 0 Å². The molecule has 2 atom stereocenters. The average molecular weight is 173 g/mol. The Balaban J connectivity index is 3.90. The summed E-state index contributed by atoms with van der Waals surface area (Å²) in [6.07, 6.45) is 0.315. The summed E-state index contributed by atoms with van der Waals surface area (Å²) in [4.78, 5) is 0. The van der Waals surface area contributed by atoms with Gasteiger partial charge in [-0.25, -0.2) is 0 Å². The molecule has 1 N–H and O–H groups in total. The lowest BCUT2D eigenvalue weighted by Gasteiger charge is -2.27. The molecule has 0 aromatic heterocycles. The maximum atomic E-state index is 5.56. The van der Waals surface area contributed by atoms with E-state index in [9.17, 15) is 0 Å². The Hall–Kier alpha value is -0.0800. The van der Waals surface area contributed by atoms with Crippen LogP contribution in [0.5, 0.6) is 0 Å². The second kappa shape index (κ2) is 6.44.